The van der Waals surface area contributed by atoms with Crippen LogP contribution in [0.2, 0.25) is 0 Å². The third-order valence-electron chi connectivity index (χ3n) is 3.49. The number of nitrogens with zero attached hydrogens (tertiary/aromatic N) is 1. The van der Waals surface area contributed by atoms with Crippen molar-refractivity contribution in [3.8, 4) is 0 Å². The van der Waals surface area contributed by atoms with Crippen LogP contribution in [0.25, 0.3) is 0 Å². The van der Waals surface area contributed by atoms with Crippen molar-refractivity contribution >= 4 is 11.9 Å². The number of carbonyl (C=O) groups is 2. The first-order valence-corrected chi connectivity index (χ1v) is 6.58. The number of likely N-dealkylation sites (tertiary alicyclic amines) is 1. The molecule has 2 heterocycles. The van der Waals surface area contributed by atoms with Crippen molar-refractivity contribution in [3.63, 3.8) is 0 Å². The monoisotopic (exact) mass is 239 g/mol. The maximum Gasteiger partial charge on any atom is 0.317 e. The minimum Gasteiger partial charge on any atom is -0.354 e. The molecule has 2 N–H and O–H groups in total. The Morgan fingerprint density at radius 1 is 1.24 bits per heavy atom. The van der Waals surface area contributed by atoms with E-state index in [1.54, 1.807) is 0 Å². The molecule has 5 heteroatoms. The van der Waals surface area contributed by atoms with Crippen LogP contribution < -0.4 is 10.6 Å². The lowest BCUT2D eigenvalue weighted by atomic mass is 10.1. The molecule has 2 rings (SSSR count). The van der Waals surface area contributed by atoms with E-state index in [9.17, 15) is 9.59 Å². The van der Waals surface area contributed by atoms with Crippen LogP contribution in [0.4, 0.5) is 4.79 Å². The fourth-order valence-electron chi connectivity index (χ4n) is 2.40. The summed E-state index contributed by atoms with van der Waals surface area (Å²) in [6, 6.07) is 0.136. The number of nitrogens with one attached hydrogen (secondary N) is 2. The van der Waals surface area contributed by atoms with Crippen molar-refractivity contribution in [2.45, 2.75) is 44.6 Å². The van der Waals surface area contributed by atoms with E-state index in [-0.39, 0.29) is 18.0 Å². The molecule has 2 fully saturated rings. The molecule has 0 saturated carbocycles. The van der Waals surface area contributed by atoms with Gasteiger partial charge in [-0.1, -0.05) is 12.8 Å². The third kappa shape index (κ3) is 3.61. The summed E-state index contributed by atoms with van der Waals surface area (Å²) in [4.78, 5) is 24.9. The van der Waals surface area contributed by atoms with Gasteiger partial charge in [0.25, 0.3) is 0 Å². The molecule has 0 aliphatic carbocycles. The number of urea groups is 1. The molecule has 96 valence electrons. The topological polar surface area (TPSA) is 61.4 Å². The van der Waals surface area contributed by atoms with Crippen LogP contribution in [-0.4, -0.2) is 42.5 Å². The van der Waals surface area contributed by atoms with Gasteiger partial charge in [-0.25, -0.2) is 4.79 Å². The van der Waals surface area contributed by atoms with E-state index in [2.05, 4.69) is 10.6 Å². The van der Waals surface area contributed by atoms with Crippen LogP contribution in [0.5, 0.6) is 0 Å². The number of piperidine rings is 1. The van der Waals surface area contributed by atoms with E-state index < -0.39 is 0 Å². The Balaban J connectivity index is 1.77. The van der Waals surface area contributed by atoms with E-state index in [0.717, 1.165) is 32.4 Å². The fraction of sp³-hybridized carbons (Fsp3) is 0.833. The molecule has 2 aliphatic rings. The molecule has 1 atom stereocenters. The van der Waals surface area contributed by atoms with E-state index in [4.69, 9.17) is 0 Å². The largest absolute Gasteiger partial charge is 0.354 e. The number of hydrogen-bond donors (Lipinski definition) is 2. The van der Waals surface area contributed by atoms with Gasteiger partial charge in [0.2, 0.25) is 5.91 Å². The molecular weight excluding hydrogens is 218 g/mol. The first-order valence-electron chi connectivity index (χ1n) is 6.58. The smallest absolute Gasteiger partial charge is 0.317 e. The maximum atomic E-state index is 12.0. The Labute approximate surface area is 102 Å². The Morgan fingerprint density at radius 3 is 2.53 bits per heavy atom. The molecule has 17 heavy (non-hydrogen) atoms. The predicted octanol–water partition coefficient (Wildman–Crippen LogP) is 0.851. The highest BCUT2D eigenvalue weighted by Gasteiger charge is 2.22. The van der Waals surface area contributed by atoms with Crippen LogP contribution in [0.15, 0.2) is 0 Å². The summed E-state index contributed by atoms with van der Waals surface area (Å²) in [5.74, 6) is 0.0882. The lowest BCUT2D eigenvalue weighted by Crippen LogP contribution is -2.51. The summed E-state index contributed by atoms with van der Waals surface area (Å²) >= 11 is 0. The summed E-state index contributed by atoms with van der Waals surface area (Å²) in [5, 5.41) is 5.79. The highest BCUT2D eigenvalue weighted by Crippen LogP contribution is 2.10. The number of rotatable bonds is 1. The normalized spacial score (nSPS) is 26.0. The highest BCUT2D eigenvalue weighted by atomic mass is 16.2. The zero-order valence-corrected chi connectivity index (χ0v) is 10.2. The first kappa shape index (κ1) is 12.2. The first-order chi connectivity index (χ1) is 8.25. The van der Waals surface area contributed by atoms with Crippen LogP contribution in [-0.2, 0) is 4.79 Å². The van der Waals surface area contributed by atoms with E-state index in [1.165, 1.54) is 12.8 Å². The molecule has 0 aromatic carbocycles. The quantitative estimate of drug-likeness (QED) is 0.712. The fourth-order valence-corrected chi connectivity index (χ4v) is 2.40. The van der Waals surface area contributed by atoms with Gasteiger partial charge in [-0.05, 0) is 19.3 Å². The zero-order valence-electron chi connectivity index (χ0n) is 10.2. The Kier molecular flexibility index (Phi) is 4.23. The molecule has 0 aromatic rings. The van der Waals surface area contributed by atoms with Gasteiger partial charge in [0.05, 0.1) is 0 Å². The van der Waals surface area contributed by atoms with Crippen molar-refractivity contribution < 1.29 is 9.59 Å². The van der Waals surface area contributed by atoms with Gasteiger partial charge in [-0.3, -0.25) is 4.79 Å². The minimum atomic E-state index is 0.0352. The second-order valence-electron chi connectivity index (χ2n) is 4.89. The molecule has 0 spiro atoms. The average Bonchev–Trinajstić information content (AvgIpc) is 2.61. The van der Waals surface area contributed by atoms with Crippen molar-refractivity contribution in [1.29, 1.82) is 0 Å². The molecule has 0 radical (unpaired) electrons. The van der Waals surface area contributed by atoms with Crippen molar-refractivity contribution in [1.82, 2.24) is 15.5 Å². The van der Waals surface area contributed by atoms with Gasteiger partial charge in [-0.15, -0.1) is 0 Å². The summed E-state index contributed by atoms with van der Waals surface area (Å²) < 4.78 is 0. The molecule has 2 saturated heterocycles. The van der Waals surface area contributed by atoms with E-state index in [0.29, 0.717) is 13.0 Å². The van der Waals surface area contributed by atoms with Crippen LogP contribution in [0.3, 0.4) is 0 Å². The summed E-state index contributed by atoms with van der Waals surface area (Å²) in [7, 11) is 0. The second-order valence-corrected chi connectivity index (χ2v) is 4.89. The summed E-state index contributed by atoms with van der Waals surface area (Å²) in [6.45, 7) is 2.30. The van der Waals surface area contributed by atoms with Gasteiger partial charge < -0.3 is 15.5 Å². The van der Waals surface area contributed by atoms with Gasteiger partial charge in [0, 0.05) is 32.1 Å². The van der Waals surface area contributed by atoms with Crippen LogP contribution in [0, 0.1) is 0 Å². The van der Waals surface area contributed by atoms with Crippen molar-refractivity contribution in [2.75, 3.05) is 19.6 Å². The number of hydrogen-bond acceptors (Lipinski definition) is 2. The standard InChI is InChI=1S/C12H21N3O2/c16-11-6-5-10(9-13-11)14-12(17)15-7-3-1-2-4-8-15/h10H,1-9H2,(H,13,16)(H,14,17). The Morgan fingerprint density at radius 2 is 1.94 bits per heavy atom. The van der Waals surface area contributed by atoms with Gasteiger partial charge in [0.15, 0.2) is 0 Å². The van der Waals surface area contributed by atoms with Gasteiger partial charge in [0.1, 0.15) is 0 Å². The Bertz CT molecular complexity index is 275. The number of amides is 3. The highest BCUT2D eigenvalue weighted by molar-refractivity contribution is 5.78. The van der Waals surface area contributed by atoms with Crippen LogP contribution >= 0.6 is 0 Å². The van der Waals surface area contributed by atoms with E-state index >= 15 is 0 Å². The van der Waals surface area contributed by atoms with Crippen molar-refractivity contribution in [2.24, 2.45) is 0 Å². The van der Waals surface area contributed by atoms with Crippen LogP contribution in [0.1, 0.15) is 38.5 Å². The lowest BCUT2D eigenvalue weighted by molar-refractivity contribution is -0.122. The maximum absolute atomic E-state index is 12.0. The van der Waals surface area contributed by atoms with Gasteiger partial charge >= 0.3 is 6.03 Å². The third-order valence-corrected chi connectivity index (χ3v) is 3.49. The zero-order chi connectivity index (χ0) is 12.1. The molecule has 1 unspecified atom stereocenters. The van der Waals surface area contributed by atoms with E-state index in [1.807, 2.05) is 4.90 Å². The lowest BCUT2D eigenvalue weighted by Gasteiger charge is -2.27. The Hall–Kier alpha value is -1.26. The second kappa shape index (κ2) is 5.89. The summed E-state index contributed by atoms with van der Waals surface area (Å²) in [5.41, 5.74) is 0. The average molecular weight is 239 g/mol. The van der Waals surface area contributed by atoms with Crippen molar-refractivity contribution in [3.05, 3.63) is 0 Å². The molecular formula is C12H21N3O2. The molecule has 5 nitrogen and oxygen atoms in total. The minimum absolute atomic E-state index is 0.0352. The predicted molar refractivity (Wildman–Crippen MR) is 64.6 cm³/mol. The van der Waals surface area contributed by atoms with Gasteiger partial charge in [-0.2, -0.15) is 0 Å². The molecule has 0 aromatic heterocycles. The molecule has 2 aliphatic heterocycles. The molecule has 0 bridgehead atoms. The number of carbonyl (C=O) groups excluding carboxylic acids is 2. The molecule has 3 amide bonds. The SMILES string of the molecule is O=C1CCC(NC(=O)N2CCCCCC2)CN1. The summed E-state index contributed by atoms with van der Waals surface area (Å²) in [6.07, 6.45) is 5.94.